The summed E-state index contributed by atoms with van der Waals surface area (Å²) in [5.41, 5.74) is 3.61. The van der Waals surface area contributed by atoms with Crippen molar-refractivity contribution < 1.29 is 27.5 Å². The van der Waals surface area contributed by atoms with Crippen LogP contribution in [0, 0.1) is 5.92 Å². The second kappa shape index (κ2) is 15.3. The highest BCUT2D eigenvalue weighted by Gasteiger charge is 2.26. The number of thioether (sulfide) groups is 1. The molecular formula is C40H41N3O6S2. The Morgan fingerprint density at radius 3 is 2.37 bits per heavy atom. The zero-order valence-electron chi connectivity index (χ0n) is 28.5. The molecule has 1 N–H and O–H groups in total. The van der Waals surface area contributed by atoms with Gasteiger partial charge in [0.2, 0.25) is 6.79 Å². The Morgan fingerprint density at radius 2 is 1.59 bits per heavy atom. The third-order valence-corrected chi connectivity index (χ3v) is 12.0. The van der Waals surface area contributed by atoms with Crippen molar-refractivity contribution >= 4 is 44.4 Å². The first kappa shape index (κ1) is 34.9. The number of nitrogens with zero attached hydrogens (tertiary/aromatic N) is 2. The molecule has 264 valence electrons. The standard InChI is InChI=1S/C40H41N3O6S2/c1-42-26-35(39(44)30-8-4-2-5-9-30)34-23-31(15-18-36(34)42)40(45)41-51(46,47)33-16-12-28(13-17-33)24-43(20-21-50-32-10-6-3-7-11-32)25-29-14-19-37-38(22-29)49-27-48-37/h3,6-7,10-19,22-23,26,30H,2,4-5,8-9,20-21,24-25,27H2,1H3,(H,41,45). The van der Waals surface area contributed by atoms with Crippen molar-refractivity contribution in [3.8, 4) is 11.5 Å². The van der Waals surface area contributed by atoms with E-state index in [1.54, 1.807) is 42.1 Å². The average molecular weight is 724 g/mol. The van der Waals surface area contributed by atoms with Crippen LogP contribution < -0.4 is 14.2 Å². The van der Waals surface area contributed by atoms with Gasteiger partial charge in [0.25, 0.3) is 15.9 Å². The number of fused-ring (bicyclic) bond motifs is 2. The van der Waals surface area contributed by atoms with E-state index >= 15 is 0 Å². The van der Waals surface area contributed by atoms with E-state index in [1.807, 2.05) is 54.2 Å². The summed E-state index contributed by atoms with van der Waals surface area (Å²) in [7, 11) is -2.29. The number of rotatable bonds is 13. The van der Waals surface area contributed by atoms with Crippen LogP contribution in [0.2, 0.25) is 0 Å². The van der Waals surface area contributed by atoms with Crippen molar-refractivity contribution in [2.45, 2.75) is 55.0 Å². The van der Waals surface area contributed by atoms with Gasteiger partial charge in [-0.15, -0.1) is 11.8 Å². The normalized spacial score (nSPS) is 14.6. The number of amides is 1. The van der Waals surface area contributed by atoms with E-state index in [4.69, 9.17) is 9.47 Å². The largest absolute Gasteiger partial charge is 0.454 e. The van der Waals surface area contributed by atoms with Crippen molar-refractivity contribution in [3.05, 3.63) is 119 Å². The second-order valence-electron chi connectivity index (χ2n) is 13.2. The number of carbonyl (C=O) groups is 2. The van der Waals surface area contributed by atoms with E-state index < -0.39 is 15.9 Å². The first-order valence-corrected chi connectivity index (χ1v) is 19.8. The number of carbonyl (C=O) groups excluding carboxylic acids is 2. The first-order valence-electron chi connectivity index (χ1n) is 17.3. The van der Waals surface area contributed by atoms with Gasteiger partial charge in [0, 0.05) is 71.5 Å². The molecule has 1 aliphatic heterocycles. The van der Waals surface area contributed by atoms with Crippen molar-refractivity contribution in [3.63, 3.8) is 0 Å². The number of ether oxygens (including phenoxy) is 2. The highest BCUT2D eigenvalue weighted by atomic mass is 32.2. The minimum Gasteiger partial charge on any atom is -0.454 e. The number of hydrogen-bond acceptors (Lipinski definition) is 8. The molecule has 2 heterocycles. The van der Waals surface area contributed by atoms with E-state index in [1.165, 1.54) is 17.0 Å². The zero-order valence-corrected chi connectivity index (χ0v) is 30.2. The summed E-state index contributed by atoms with van der Waals surface area (Å²) in [4.78, 5) is 30.3. The molecule has 2 aliphatic rings. The number of benzene rings is 4. The SMILES string of the molecule is Cn1cc(C(=O)C2CCCCC2)c2cc(C(=O)NS(=O)(=O)c3ccc(CN(CCSc4ccccc4)Cc4ccc5c(c4)OCO5)cc3)ccc21. The predicted octanol–water partition coefficient (Wildman–Crippen LogP) is 7.58. The van der Waals surface area contributed by atoms with Crippen LogP contribution in [0.3, 0.4) is 0 Å². The van der Waals surface area contributed by atoms with Crippen LogP contribution in [0.25, 0.3) is 10.9 Å². The fraction of sp³-hybridized carbons (Fsp3) is 0.300. The lowest BCUT2D eigenvalue weighted by Gasteiger charge is -2.23. The number of nitrogens with one attached hydrogen (secondary N) is 1. The lowest BCUT2D eigenvalue weighted by molar-refractivity contribution is 0.0890. The first-order chi connectivity index (χ1) is 24.7. The molecule has 0 saturated heterocycles. The fourth-order valence-corrected chi connectivity index (χ4v) is 8.82. The molecule has 0 bridgehead atoms. The smallest absolute Gasteiger partial charge is 0.265 e. The number of sulfonamides is 1. The molecule has 5 aromatic rings. The van der Waals surface area contributed by atoms with Crippen LogP contribution in [0.5, 0.6) is 11.5 Å². The maximum atomic E-state index is 13.4. The molecule has 7 rings (SSSR count). The van der Waals surface area contributed by atoms with Crippen molar-refractivity contribution in [1.29, 1.82) is 0 Å². The lowest BCUT2D eigenvalue weighted by atomic mass is 9.84. The highest BCUT2D eigenvalue weighted by molar-refractivity contribution is 7.99. The fourth-order valence-electron chi connectivity index (χ4n) is 6.91. The Kier molecular flexibility index (Phi) is 10.5. The Labute approximate surface area is 303 Å². The number of ketones is 1. The molecule has 1 fully saturated rings. The molecule has 1 aromatic heterocycles. The maximum absolute atomic E-state index is 13.4. The minimum absolute atomic E-state index is 0.00416. The summed E-state index contributed by atoms with van der Waals surface area (Å²) in [5.74, 6) is 1.68. The van der Waals surface area contributed by atoms with Crippen LogP contribution in [-0.4, -0.2) is 48.7 Å². The van der Waals surface area contributed by atoms with Gasteiger partial charge in [0.1, 0.15) is 0 Å². The molecule has 1 saturated carbocycles. The Morgan fingerprint density at radius 1 is 0.863 bits per heavy atom. The number of Topliss-reactive ketones (excluding diaryl/α,β-unsaturated/α-hetero) is 1. The maximum Gasteiger partial charge on any atom is 0.265 e. The van der Waals surface area contributed by atoms with Gasteiger partial charge in [-0.2, -0.15) is 0 Å². The summed E-state index contributed by atoms with van der Waals surface area (Å²) in [5, 5.41) is 0.662. The number of aryl methyl sites for hydroxylation is 1. The van der Waals surface area contributed by atoms with Gasteiger partial charge >= 0.3 is 0 Å². The third kappa shape index (κ3) is 8.16. The molecule has 51 heavy (non-hydrogen) atoms. The topological polar surface area (TPSA) is 107 Å². The Balaban J connectivity index is 1.03. The van der Waals surface area contributed by atoms with Gasteiger partial charge in [-0.1, -0.05) is 55.7 Å². The minimum atomic E-state index is -4.16. The Bertz CT molecular complexity index is 2140. The summed E-state index contributed by atoms with van der Waals surface area (Å²) in [6.07, 6.45) is 6.80. The summed E-state index contributed by atoms with van der Waals surface area (Å²) >= 11 is 1.79. The molecular weight excluding hydrogens is 683 g/mol. The van der Waals surface area contributed by atoms with E-state index in [2.05, 4.69) is 21.8 Å². The van der Waals surface area contributed by atoms with Gasteiger partial charge in [0.05, 0.1) is 4.90 Å². The molecule has 1 amide bonds. The quantitative estimate of drug-likeness (QED) is 0.0979. The van der Waals surface area contributed by atoms with Crippen molar-refractivity contribution in [1.82, 2.24) is 14.2 Å². The average Bonchev–Trinajstić information content (AvgIpc) is 3.75. The van der Waals surface area contributed by atoms with Gasteiger partial charge < -0.3 is 14.0 Å². The van der Waals surface area contributed by atoms with E-state index in [0.29, 0.717) is 24.0 Å². The third-order valence-electron chi connectivity index (χ3n) is 9.62. The molecule has 4 aromatic carbocycles. The molecule has 0 atom stereocenters. The molecule has 0 spiro atoms. The van der Waals surface area contributed by atoms with Crippen molar-refractivity contribution in [2.24, 2.45) is 13.0 Å². The zero-order chi connectivity index (χ0) is 35.4. The number of hydrogen-bond donors (Lipinski definition) is 1. The van der Waals surface area contributed by atoms with Crippen LogP contribution in [0.4, 0.5) is 0 Å². The molecule has 9 nitrogen and oxygen atoms in total. The summed E-state index contributed by atoms with van der Waals surface area (Å²) in [6.45, 7) is 2.28. The van der Waals surface area contributed by atoms with Gasteiger partial charge in [0.15, 0.2) is 17.3 Å². The Hall–Kier alpha value is -4.58. The molecule has 11 heteroatoms. The summed E-state index contributed by atoms with van der Waals surface area (Å²) in [6, 6.07) is 27.9. The highest BCUT2D eigenvalue weighted by Crippen LogP contribution is 2.34. The van der Waals surface area contributed by atoms with Gasteiger partial charge in [-0.25, -0.2) is 13.1 Å². The van der Waals surface area contributed by atoms with Gasteiger partial charge in [-0.05, 0) is 78.6 Å². The predicted molar refractivity (Wildman–Crippen MR) is 199 cm³/mol. The van der Waals surface area contributed by atoms with Crippen LogP contribution in [0.1, 0.15) is 63.9 Å². The van der Waals surface area contributed by atoms with Crippen molar-refractivity contribution in [2.75, 3.05) is 19.1 Å². The van der Waals surface area contributed by atoms with E-state index in [0.717, 1.165) is 72.5 Å². The number of aromatic nitrogens is 1. The molecule has 0 radical (unpaired) electrons. The lowest BCUT2D eigenvalue weighted by Crippen LogP contribution is -2.30. The molecule has 0 unspecified atom stereocenters. The van der Waals surface area contributed by atoms with Gasteiger partial charge in [-0.3, -0.25) is 14.5 Å². The van der Waals surface area contributed by atoms with Crippen LogP contribution >= 0.6 is 11.8 Å². The monoisotopic (exact) mass is 723 g/mol. The molecule has 1 aliphatic carbocycles. The van der Waals surface area contributed by atoms with Crippen LogP contribution in [0.15, 0.2) is 107 Å². The second-order valence-corrected chi connectivity index (χ2v) is 16.1. The van der Waals surface area contributed by atoms with Crippen LogP contribution in [-0.2, 0) is 30.2 Å². The summed E-state index contributed by atoms with van der Waals surface area (Å²) < 4.78 is 42.0. The van der Waals surface area contributed by atoms with E-state index in [-0.39, 0.29) is 29.0 Å². The van der Waals surface area contributed by atoms with E-state index in [9.17, 15) is 18.0 Å².